The lowest BCUT2D eigenvalue weighted by atomic mass is 10.1. The van der Waals surface area contributed by atoms with Gasteiger partial charge >= 0.3 is 5.97 Å². The molecular formula is C26H20BrN3O4S2. The Labute approximate surface area is 224 Å². The van der Waals surface area contributed by atoms with Gasteiger partial charge in [0.25, 0.3) is 5.91 Å². The van der Waals surface area contributed by atoms with Crippen LogP contribution < -0.4 is 10.6 Å². The molecule has 3 N–H and O–H groups in total. The molecule has 36 heavy (non-hydrogen) atoms. The fourth-order valence-corrected chi connectivity index (χ4v) is 5.09. The average molecular weight is 583 g/mol. The fraction of sp³-hybridized carbons (Fsp3) is 0.0769. The minimum Gasteiger partial charge on any atom is -0.478 e. The van der Waals surface area contributed by atoms with Crippen molar-refractivity contribution in [2.75, 3.05) is 10.6 Å². The number of hydrogen-bond acceptors (Lipinski definition) is 6. The molecule has 1 aromatic heterocycles. The van der Waals surface area contributed by atoms with Crippen molar-refractivity contribution in [3.8, 4) is 11.3 Å². The first-order valence-electron chi connectivity index (χ1n) is 10.7. The normalized spacial score (nSPS) is 11.5. The second kappa shape index (κ2) is 11.5. The second-order valence-electron chi connectivity index (χ2n) is 7.62. The van der Waals surface area contributed by atoms with Gasteiger partial charge in [-0.3, -0.25) is 9.59 Å². The van der Waals surface area contributed by atoms with Crippen molar-refractivity contribution < 1.29 is 19.5 Å². The molecule has 4 aromatic rings. The van der Waals surface area contributed by atoms with Crippen molar-refractivity contribution in [3.63, 3.8) is 0 Å². The highest BCUT2D eigenvalue weighted by Gasteiger charge is 2.18. The molecule has 0 aliphatic heterocycles. The van der Waals surface area contributed by atoms with Crippen LogP contribution in [0.25, 0.3) is 11.3 Å². The molecular weight excluding hydrogens is 562 g/mol. The minimum absolute atomic E-state index is 0.0637. The number of benzene rings is 3. The maximum Gasteiger partial charge on any atom is 0.336 e. The molecule has 1 heterocycles. The predicted octanol–water partition coefficient (Wildman–Crippen LogP) is 6.64. The first-order valence-corrected chi connectivity index (χ1v) is 13.3. The van der Waals surface area contributed by atoms with E-state index >= 15 is 0 Å². The summed E-state index contributed by atoms with van der Waals surface area (Å²) in [5.41, 5.74) is 2.30. The van der Waals surface area contributed by atoms with E-state index in [1.54, 1.807) is 36.4 Å². The molecule has 1 atom stereocenters. The Morgan fingerprint density at radius 2 is 1.61 bits per heavy atom. The summed E-state index contributed by atoms with van der Waals surface area (Å²) >= 11 is 6.16. The number of amides is 2. The van der Waals surface area contributed by atoms with Crippen LogP contribution in [0.3, 0.4) is 0 Å². The standard InChI is InChI=1S/C26H20BrN3O4S2/c1-15(23(31)30-26-29-22(14-35-26)16-6-8-17(27)9-7-16)36-19-12-10-18(11-13-19)28-24(32)20-4-2-3-5-21(20)25(33)34/h2-15H,1H3,(H,28,32)(H,33,34)(H,29,30,31). The predicted molar refractivity (Wildman–Crippen MR) is 147 cm³/mol. The Morgan fingerprint density at radius 1 is 0.944 bits per heavy atom. The van der Waals surface area contributed by atoms with E-state index in [1.165, 1.54) is 35.2 Å². The maximum absolute atomic E-state index is 12.7. The molecule has 0 radical (unpaired) electrons. The van der Waals surface area contributed by atoms with Crippen LogP contribution in [-0.4, -0.2) is 33.1 Å². The SMILES string of the molecule is CC(Sc1ccc(NC(=O)c2ccccc2C(=O)O)cc1)C(=O)Nc1nc(-c2ccc(Br)cc2)cs1. The van der Waals surface area contributed by atoms with Crippen molar-refractivity contribution in [1.29, 1.82) is 0 Å². The molecule has 0 aliphatic rings. The third kappa shape index (κ3) is 6.39. The Balaban J connectivity index is 1.33. The molecule has 0 saturated carbocycles. The molecule has 0 aliphatic carbocycles. The molecule has 0 bridgehead atoms. The lowest BCUT2D eigenvalue weighted by Crippen LogP contribution is -2.22. The molecule has 0 saturated heterocycles. The number of carbonyl (C=O) groups is 3. The van der Waals surface area contributed by atoms with E-state index in [9.17, 15) is 19.5 Å². The summed E-state index contributed by atoms with van der Waals surface area (Å²) in [5.74, 6) is -1.84. The van der Waals surface area contributed by atoms with Crippen LogP contribution in [0.5, 0.6) is 0 Å². The molecule has 4 rings (SSSR count). The number of anilines is 2. The Morgan fingerprint density at radius 3 is 2.28 bits per heavy atom. The van der Waals surface area contributed by atoms with Crippen molar-refractivity contribution in [2.45, 2.75) is 17.1 Å². The van der Waals surface area contributed by atoms with Gasteiger partial charge in [-0.25, -0.2) is 9.78 Å². The van der Waals surface area contributed by atoms with Crippen LogP contribution >= 0.6 is 39.0 Å². The van der Waals surface area contributed by atoms with Crippen molar-refractivity contribution in [1.82, 2.24) is 4.98 Å². The number of thiazole rings is 1. The molecule has 2 amide bonds. The van der Waals surface area contributed by atoms with E-state index in [0.29, 0.717) is 10.8 Å². The van der Waals surface area contributed by atoms with E-state index in [2.05, 4.69) is 31.5 Å². The number of nitrogens with one attached hydrogen (secondary N) is 2. The molecule has 0 spiro atoms. The van der Waals surface area contributed by atoms with Crippen molar-refractivity contribution in [2.24, 2.45) is 0 Å². The van der Waals surface area contributed by atoms with Crippen LogP contribution in [0, 0.1) is 0 Å². The number of carboxylic acid groups (broad SMARTS) is 1. The summed E-state index contributed by atoms with van der Waals surface area (Å²) in [6.45, 7) is 1.81. The quantitative estimate of drug-likeness (QED) is 0.201. The van der Waals surface area contributed by atoms with Gasteiger partial charge in [-0.05, 0) is 55.5 Å². The van der Waals surface area contributed by atoms with Gasteiger partial charge in [0, 0.05) is 26.0 Å². The van der Waals surface area contributed by atoms with Crippen LogP contribution in [0.1, 0.15) is 27.6 Å². The van der Waals surface area contributed by atoms with Crippen LogP contribution in [-0.2, 0) is 4.79 Å². The Kier molecular flexibility index (Phi) is 8.19. The zero-order valence-electron chi connectivity index (χ0n) is 18.9. The molecule has 0 fully saturated rings. The van der Waals surface area contributed by atoms with Gasteiger partial charge in [-0.1, -0.05) is 40.2 Å². The van der Waals surface area contributed by atoms with Crippen LogP contribution in [0.2, 0.25) is 0 Å². The van der Waals surface area contributed by atoms with E-state index in [-0.39, 0.29) is 22.3 Å². The average Bonchev–Trinajstić information content (AvgIpc) is 3.34. The van der Waals surface area contributed by atoms with E-state index in [1.807, 2.05) is 36.6 Å². The smallest absolute Gasteiger partial charge is 0.336 e. The minimum atomic E-state index is -1.16. The summed E-state index contributed by atoms with van der Waals surface area (Å²) in [5, 5.41) is 16.9. The number of hydrogen-bond donors (Lipinski definition) is 3. The van der Waals surface area contributed by atoms with E-state index in [0.717, 1.165) is 20.6 Å². The van der Waals surface area contributed by atoms with Crippen molar-refractivity contribution >= 4 is 67.6 Å². The second-order valence-corrected chi connectivity index (χ2v) is 10.8. The molecule has 182 valence electrons. The Bertz CT molecular complexity index is 1410. The number of nitrogens with zero attached hydrogens (tertiary/aromatic N) is 1. The Hall–Kier alpha value is -3.47. The zero-order valence-corrected chi connectivity index (χ0v) is 22.1. The van der Waals surface area contributed by atoms with E-state index in [4.69, 9.17) is 0 Å². The summed E-state index contributed by atoms with van der Waals surface area (Å²) in [4.78, 5) is 41.9. The number of rotatable bonds is 8. The number of aromatic carboxylic acids is 1. The highest BCUT2D eigenvalue weighted by molar-refractivity contribution is 9.10. The summed E-state index contributed by atoms with van der Waals surface area (Å²) in [6.07, 6.45) is 0. The number of aromatic nitrogens is 1. The molecule has 10 heteroatoms. The van der Waals surface area contributed by atoms with E-state index < -0.39 is 11.9 Å². The lowest BCUT2D eigenvalue weighted by molar-refractivity contribution is -0.115. The first kappa shape index (κ1) is 25.6. The third-order valence-electron chi connectivity index (χ3n) is 5.07. The van der Waals surface area contributed by atoms with Gasteiger partial charge in [0.2, 0.25) is 5.91 Å². The number of halogens is 1. The summed E-state index contributed by atoms with van der Waals surface area (Å²) in [7, 11) is 0. The summed E-state index contributed by atoms with van der Waals surface area (Å²) < 4.78 is 0.986. The number of carbonyl (C=O) groups excluding carboxylic acids is 2. The topological polar surface area (TPSA) is 108 Å². The summed E-state index contributed by atoms with van der Waals surface area (Å²) in [6, 6.07) is 20.8. The number of carboxylic acids is 1. The maximum atomic E-state index is 12.7. The molecule has 7 nitrogen and oxygen atoms in total. The van der Waals surface area contributed by atoms with Gasteiger partial charge in [-0.15, -0.1) is 23.1 Å². The monoisotopic (exact) mass is 581 g/mol. The largest absolute Gasteiger partial charge is 0.478 e. The van der Waals surface area contributed by atoms with Gasteiger partial charge in [0.05, 0.1) is 22.1 Å². The van der Waals surface area contributed by atoms with Gasteiger partial charge in [-0.2, -0.15) is 0 Å². The highest BCUT2D eigenvalue weighted by Crippen LogP contribution is 2.29. The van der Waals surface area contributed by atoms with Crippen LogP contribution in [0.4, 0.5) is 10.8 Å². The van der Waals surface area contributed by atoms with Gasteiger partial charge in [0.15, 0.2) is 5.13 Å². The first-order chi connectivity index (χ1) is 17.3. The lowest BCUT2D eigenvalue weighted by Gasteiger charge is -2.12. The highest BCUT2D eigenvalue weighted by atomic mass is 79.9. The van der Waals surface area contributed by atoms with Crippen molar-refractivity contribution in [3.05, 3.63) is 93.8 Å². The van der Waals surface area contributed by atoms with Crippen LogP contribution in [0.15, 0.2) is 87.5 Å². The molecule has 3 aromatic carbocycles. The zero-order chi connectivity index (χ0) is 25.7. The van der Waals surface area contributed by atoms with Gasteiger partial charge in [0.1, 0.15) is 0 Å². The fourth-order valence-electron chi connectivity index (χ4n) is 3.23. The number of thioether (sulfide) groups is 1. The third-order valence-corrected chi connectivity index (χ3v) is 7.47. The molecule has 1 unspecified atom stereocenters. The van der Waals surface area contributed by atoms with Gasteiger partial charge < -0.3 is 15.7 Å².